The number of amides is 1. The predicted octanol–water partition coefficient (Wildman–Crippen LogP) is 4.32. The Morgan fingerprint density at radius 3 is 2.55 bits per heavy atom. The van der Waals surface area contributed by atoms with Gasteiger partial charge in [-0.2, -0.15) is 5.26 Å². The number of nitrogens with one attached hydrogen (secondary N) is 3. The van der Waals surface area contributed by atoms with Crippen LogP contribution in [0.25, 0.3) is 10.8 Å². The molecule has 2 saturated carbocycles. The van der Waals surface area contributed by atoms with Gasteiger partial charge in [0, 0.05) is 34.1 Å². The molecule has 2 aromatic heterocycles. The zero-order valence-corrected chi connectivity index (χ0v) is 18.8. The average molecular weight is 423 g/mol. The standard InChI is InChI=1S/C23H30N6O2/c1-21(2,3)31-20(30)29-23(5)10-16(11-23)26-18-9-17-14(13-25-18)8-15(12-24)27-19(17)28-22(4)6-7-22/h8-9,13,16H,6-7,10-11H2,1-5H3,(H,25,26)(H,27,28)(H,29,30). The number of hydrogen-bond acceptors (Lipinski definition) is 7. The molecule has 0 aliphatic heterocycles. The molecule has 0 saturated heterocycles. The molecule has 3 N–H and O–H groups in total. The molecule has 4 rings (SSSR count). The molecule has 2 aliphatic carbocycles. The van der Waals surface area contributed by atoms with E-state index in [1.165, 1.54) is 0 Å². The maximum atomic E-state index is 12.1. The fourth-order valence-electron chi connectivity index (χ4n) is 3.97. The van der Waals surface area contributed by atoms with Crippen molar-refractivity contribution >= 4 is 28.5 Å². The van der Waals surface area contributed by atoms with Crippen LogP contribution < -0.4 is 16.0 Å². The smallest absolute Gasteiger partial charge is 0.408 e. The van der Waals surface area contributed by atoms with Crippen molar-refractivity contribution in [2.24, 2.45) is 0 Å². The van der Waals surface area contributed by atoms with Crippen LogP contribution in [0, 0.1) is 11.3 Å². The lowest BCUT2D eigenvalue weighted by molar-refractivity contribution is 0.0393. The maximum absolute atomic E-state index is 12.1. The van der Waals surface area contributed by atoms with E-state index >= 15 is 0 Å². The molecule has 0 radical (unpaired) electrons. The van der Waals surface area contributed by atoms with Crippen LogP contribution in [0.2, 0.25) is 0 Å². The molecule has 8 nitrogen and oxygen atoms in total. The second-order valence-corrected chi connectivity index (χ2v) is 10.4. The summed E-state index contributed by atoms with van der Waals surface area (Å²) in [5.74, 6) is 1.48. The van der Waals surface area contributed by atoms with Crippen molar-refractivity contribution in [1.29, 1.82) is 5.26 Å². The minimum Gasteiger partial charge on any atom is -0.444 e. The second-order valence-electron chi connectivity index (χ2n) is 10.4. The lowest BCUT2D eigenvalue weighted by Crippen LogP contribution is -2.59. The van der Waals surface area contributed by atoms with Crippen LogP contribution in [-0.4, -0.2) is 38.8 Å². The first-order chi connectivity index (χ1) is 14.5. The lowest BCUT2D eigenvalue weighted by Gasteiger charge is -2.46. The Morgan fingerprint density at radius 2 is 1.94 bits per heavy atom. The largest absolute Gasteiger partial charge is 0.444 e. The number of alkyl carbamates (subject to hydrolysis) is 1. The third-order valence-electron chi connectivity index (χ3n) is 5.80. The summed E-state index contributed by atoms with van der Waals surface area (Å²) >= 11 is 0. The van der Waals surface area contributed by atoms with Gasteiger partial charge in [-0.15, -0.1) is 0 Å². The van der Waals surface area contributed by atoms with Gasteiger partial charge in [0.15, 0.2) is 0 Å². The monoisotopic (exact) mass is 422 g/mol. The van der Waals surface area contributed by atoms with E-state index in [1.54, 1.807) is 12.3 Å². The molecule has 1 amide bonds. The molecule has 2 aromatic rings. The number of carbonyl (C=O) groups excluding carboxylic acids is 1. The molecule has 31 heavy (non-hydrogen) atoms. The summed E-state index contributed by atoms with van der Waals surface area (Å²) in [6, 6.07) is 6.07. The second kappa shape index (κ2) is 7.26. The summed E-state index contributed by atoms with van der Waals surface area (Å²) < 4.78 is 5.37. The number of anilines is 2. The number of carbonyl (C=O) groups is 1. The Bertz CT molecular complexity index is 1060. The zero-order chi connectivity index (χ0) is 22.4. The lowest BCUT2D eigenvalue weighted by atomic mass is 9.74. The normalized spacial score (nSPS) is 23.9. The van der Waals surface area contributed by atoms with Crippen molar-refractivity contribution < 1.29 is 9.53 Å². The Hall–Kier alpha value is -3.08. The van der Waals surface area contributed by atoms with Gasteiger partial charge >= 0.3 is 6.09 Å². The van der Waals surface area contributed by atoms with Gasteiger partial charge < -0.3 is 20.7 Å². The molecule has 2 aliphatic rings. The van der Waals surface area contributed by atoms with Gasteiger partial charge in [0.2, 0.25) is 0 Å². The summed E-state index contributed by atoms with van der Waals surface area (Å²) in [7, 11) is 0. The highest BCUT2D eigenvalue weighted by Crippen LogP contribution is 2.40. The Labute approximate surface area is 182 Å². The first-order valence-electron chi connectivity index (χ1n) is 10.7. The van der Waals surface area contributed by atoms with E-state index in [4.69, 9.17) is 4.74 Å². The van der Waals surface area contributed by atoms with Crippen LogP contribution >= 0.6 is 0 Å². The minimum atomic E-state index is -0.514. The summed E-state index contributed by atoms with van der Waals surface area (Å²) in [5, 5.41) is 21.1. The third kappa shape index (κ3) is 4.98. The van der Waals surface area contributed by atoms with Crippen LogP contribution in [0.5, 0.6) is 0 Å². The van der Waals surface area contributed by atoms with Crippen molar-refractivity contribution in [2.75, 3.05) is 10.6 Å². The molecule has 8 heteroatoms. The zero-order valence-electron chi connectivity index (χ0n) is 18.8. The highest BCUT2D eigenvalue weighted by atomic mass is 16.6. The molecular weight excluding hydrogens is 392 g/mol. The maximum Gasteiger partial charge on any atom is 0.408 e. The van der Waals surface area contributed by atoms with Crippen LogP contribution in [0.4, 0.5) is 16.4 Å². The van der Waals surface area contributed by atoms with Crippen molar-refractivity contribution in [2.45, 2.75) is 83.0 Å². The SMILES string of the molecule is CC1(NC(=O)OC(C)(C)C)CC(Nc2cc3c(NC4(C)CC4)nc(C#N)cc3cn2)C1. The summed E-state index contributed by atoms with van der Waals surface area (Å²) in [6.07, 6.45) is 5.13. The first-order valence-corrected chi connectivity index (χ1v) is 10.7. The van der Waals surface area contributed by atoms with E-state index < -0.39 is 5.60 Å². The van der Waals surface area contributed by atoms with E-state index in [1.807, 2.05) is 33.8 Å². The number of nitriles is 1. The third-order valence-corrected chi connectivity index (χ3v) is 5.80. The van der Waals surface area contributed by atoms with Gasteiger partial charge in [-0.25, -0.2) is 14.8 Å². The Morgan fingerprint density at radius 1 is 1.23 bits per heavy atom. The molecule has 0 atom stereocenters. The highest BCUT2D eigenvalue weighted by molar-refractivity contribution is 5.94. The number of rotatable bonds is 5. The number of pyridine rings is 2. The molecule has 0 spiro atoms. The van der Waals surface area contributed by atoms with Crippen LogP contribution in [-0.2, 0) is 4.74 Å². The summed E-state index contributed by atoms with van der Waals surface area (Å²) in [4.78, 5) is 21.1. The van der Waals surface area contributed by atoms with Crippen LogP contribution in [0.3, 0.4) is 0 Å². The molecule has 164 valence electrons. The molecule has 0 unspecified atom stereocenters. The molecule has 2 heterocycles. The van der Waals surface area contributed by atoms with E-state index in [-0.39, 0.29) is 23.2 Å². The van der Waals surface area contributed by atoms with Crippen LogP contribution in [0.15, 0.2) is 18.3 Å². The highest BCUT2D eigenvalue weighted by Gasteiger charge is 2.42. The quantitative estimate of drug-likeness (QED) is 0.658. The van der Waals surface area contributed by atoms with Crippen molar-refractivity contribution in [1.82, 2.24) is 15.3 Å². The fraction of sp³-hybridized carbons (Fsp3) is 0.565. The van der Waals surface area contributed by atoms with Gasteiger partial charge in [-0.1, -0.05) is 0 Å². The van der Waals surface area contributed by atoms with Crippen molar-refractivity contribution in [3.63, 3.8) is 0 Å². The number of hydrogen-bond donors (Lipinski definition) is 3. The van der Waals surface area contributed by atoms with Gasteiger partial charge in [-0.05, 0) is 72.4 Å². The summed E-state index contributed by atoms with van der Waals surface area (Å²) in [5.41, 5.74) is -0.384. The van der Waals surface area contributed by atoms with Crippen molar-refractivity contribution in [3.8, 4) is 6.07 Å². The number of fused-ring (bicyclic) bond motifs is 1. The predicted molar refractivity (Wildman–Crippen MR) is 120 cm³/mol. The topological polar surface area (TPSA) is 112 Å². The number of aromatic nitrogens is 2. The average Bonchev–Trinajstić information content (AvgIpc) is 3.35. The molecular formula is C23H30N6O2. The van der Waals surface area contributed by atoms with Gasteiger partial charge in [0.25, 0.3) is 0 Å². The van der Waals surface area contributed by atoms with E-state index in [0.717, 1.165) is 48.1 Å². The molecule has 0 bridgehead atoms. The Balaban J connectivity index is 1.44. The van der Waals surface area contributed by atoms with E-state index in [9.17, 15) is 10.1 Å². The fourth-order valence-corrected chi connectivity index (χ4v) is 3.97. The minimum absolute atomic E-state index is 0.0496. The summed E-state index contributed by atoms with van der Waals surface area (Å²) in [6.45, 7) is 9.74. The number of nitrogens with zero attached hydrogens (tertiary/aromatic N) is 3. The van der Waals surface area contributed by atoms with E-state index in [0.29, 0.717) is 5.69 Å². The Kier molecular flexibility index (Phi) is 4.95. The van der Waals surface area contributed by atoms with Gasteiger partial charge in [0.05, 0.1) is 0 Å². The van der Waals surface area contributed by atoms with E-state index in [2.05, 4.69) is 38.9 Å². The van der Waals surface area contributed by atoms with Crippen molar-refractivity contribution in [3.05, 3.63) is 24.0 Å². The molecule has 0 aromatic carbocycles. The van der Waals surface area contributed by atoms with Gasteiger partial charge in [0.1, 0.15) is 29.0 Å². The van der Waals surface area contributed by atoms with Crippen LogP contribution in [0.1, 0.15) is 66.0 Å². The first kappa shape index (κ1) is 21.2. The number of ether oxygens (including phenoxy) is 1. The van der Waals surface area contributed by atoms with Gasteiger partial charge in [-0.3, -0.25) is 0 Å². The molecule has 2 fully saturated rings.